The molecule has 2 N–H and O–H groups in total. The van der Waals surface area contributed by atoms with Crippen molar-refractivity contribution in [1.29, 1.82) is 0 Å². The number of benzene rings is 2. The number of carboxylic acids is 1. The molecule has 136 valence electrons. The Morgan fingerprint density at radius 1 is 1.15 bits per heavy atom. The number of nitrogens with zero attached hydrogens (tertiary/aromatic N) is 1. The minimum absolute atomic E-state index is 0.0780. The Morgan fingerprint density at radius 3 is 2.67 bits per heavy atom. The number of rotatable bonds is 5. The van der Waals surface area contributed by atoms with Gasteiger partial charge >= 0.3 is 11.9 Å². The number of aromatic carboxylic acids is 1. The number of ether oxygens (including phenoxy) is 1. The lowest BCUT2D eigenvalue weighted by Gasteiger charge is -2.06. The fourth-order valence-electron chi connectivity index (χ4n) is 2.74. The molecule has 27 heavy (non-hydrogen) atoms. The molecule has 0 bridgehead atoms. The first-order valence-electron chi connectivity index (χ1n) is 8.30. The largest absolute Gasteiger partial charge is 0.508 e. The summed E-state index contributed by atoms with van der Waals surface area (Å²) in [5, 5.41) is 21.1. The average Bonchev–Trinajstić information content (AvgIpc) is 2.66. The zero-order valence-electron chi connectivity index (χ0n) is 14.5. The van der Waals surface area contributed by atoms with Crippen molar-refractivity contribution in [2.75, 3.05) is 6.61 Å². The van der Waals surface area contributed by atoms with E-state index in [4.69, 9.17) is 4.74 Å². The highest BCUT2D eigenvalue weighted by atomic mass is 16.5. The minimum Gasteiger partial charge on any atom is -0.508 e. The van der Waals surface area contributed by atoms with Crippen molar-refractivity contribution < 1.29 is 24.5 Å². The summed E-state index contributed by atoms with van der Waals surface area (Å²) in [5.74, 6) is -1.71. The normalized spacial score (nSPS) is 11.0. The number of phenolic OH excluding ortho intramolecular Hbond substituents is 1. The second kappa shape index (κ2) is 7.70. The number of esters is 1. The van der Waals surface area contributed by atoms with E-state index < -0.39 is 11.9 Å². The van der Waals surface area contributed by atoms with E-state index in [-0.39, 0.29) is 29.2 Å². The number of hydrogen-bond acceptors (Lipinski definition) is 5. The molecule has 1 heterocycles. The van der Waals surface area contributed by atoms with E-state index in [9.17, 15) is 19.8 Å². The van der Waals surface area contributed by atoms with Crippen molar-refractivity contribution >= 4 is 34.9 Å². The molecule has 0 fully saturated rings. The van der Waals surface area contributed by atoms with Gasteiger partial charge < -0.3 is 14.9 Å². The number of pyridine rings is 1. The predicted octanol–water partition coefficient (Wildman–Crippen LogP) is 3.99. The van der Waals surface area contributed by atoms with Crippen molar-refractivity contribution in [2.24, 2.45) is 0 Å². The van der Waals surface area contributed by atoms with E-state index in [1.54, 1.807) is 31.2 Å². The van der Waals surface area contributed by atoms with Crippen molar-refractivity contribution in [1.82, 2.24) is 4.98 Å². The van der Waals surface area contributed by atoms with Gasteiger partial charge in [-0.1, -0.05) is 30.3 Å². The molecule has 0 aliphatic heterocycles. The maximum atomic E-state index is 11.8. The Balaban J connectivity index is 2.03. The summed E-state index contributed by atoms with van der Waals surface area (Å²) in [4.78, 5) is 27.4. The number of fused-ring (bicyclic) bond motifs is 1. The molecule has 0 atom stereocenters. The Hall–Kier alpha value is -3.67. The van der Waals surface area contributed by atoms with E-state index in [1.807, 2.05) is 24.3 Å². The van der Waals surface area contributed by atoms with Gasteiger partial charge in [-0.2, -0.15) is 0 Å². The Morgan fingerprint density at radius 2 is 1.93 bits per heavy atom. The maximum absolute atomic E-state index is 11.8. The molecule has 1 aromatic heterocycles. The standard InChI is InChI=1S/C21H17NO5/c1-2-27-21(26)15-11-18(20(24)25)19(22-12-15)8-7-14-10-16(23)9-13-5-3-4-6-17(13)14/h3-12,23H,2H2,1H3,(H,24,25)/b8-7+. The highest BCUT2D eigenvalue weighted by Gasteiger charge is 2.15. The van der Waals surface area contributed by atoms with Crippen LogP contribution in [0.4, 0.5) is 0 Å². The van der Waals surface area contributed by atoms with Crippen molar-refractivity contribution in [2.45, 2.75) is 6.92 Å². The van der Waals surface area contributed by atoms with E-state index in [1.165, 1.54) is 12.3 Å². The number of carbonyl (C=O) groups excluding carboxylic acids is 1. The first-order valence-corrected chi connectivity index (χ1v) is 8.30. The third-order valence-corrected chi connectivity index (χ3v) is 3.96. The summed E-state index contributed by atoms with van der Waals surface area (Å²) in [6.07, 6.45) is 4.51. The van der Waals surface area contributed by atoms with Crippen molar-refractivity contribution in [3.8, 4) is 5.75 Å². The maximum Gasteiger partial charge on any atom is 0.339 e. The number of aromatic nitrogens is 1. The second-order valence-corrected chi connectivity index (χ2v) is 5.77. The van der Waals surface area contributed by atoms with Gasteiger partial charge in [-0.3, -0.25) is 4.98 Å². The predicted molar refractivity (Wildman–Crippen MR) is 102 cm³/mol. The van der Waals surface area contributed by atoms with Gasteiger partial charge in [0.1, 0.15) is 5.75 Å². The molecule has 3 aromatic rings. The molecule has 0 unspecified atom stereocenters. The molecule has 0 aliphatic rings. The summed E-state index contributed by atoms with van der Waals surface area (Å²) in [7, 11) is 0. The van der Waals surface area contributed by atoms with E-state index in [0.717, 1.165) is 16.3 Å². The topological polar surface area (TPSA) is 96.7 Å². The van der Waals surface area contributed by atoms with Crippen molar-refractivity contribution in [3.63, 3.8) is 0 Å². The molecule has 0 saturated carbocycles. The number of carbonyl (C=O) groups is 2. The number of carboxylic acid groups (broad SMARTS) is 1. The summed E-state index contributed by atoms with van der Waals surface area (Å²) < 4.78 is 4.88. The van der Waals surface area contributed by atoms with Gasteiger partial charge in [-0.25, -0.2) is 9.59 Å². The number of hydrogen-bond donors (Lipinski definition) is 2. The quantitative estimate of drug-likeness (QED) is 0.666. The minimum atomic E-state index is -1.20. The van der Waals surface area contributed by atoms with Crippen LogP contribution in [0.15, 0.2) is 48.7 Å². The molecule has 0 amide bonds. The smallest absolute Gasteiger partial charge is 0.339 e. The van der Waals surface area contributed by atoms with Crippen LogP contribution in [-0.2, 0) is 4.74 Å². The third kappa shape index (κ3) is 3.95. The molecule has 0 radical (unpaired) electrons. The van der Waals surface area contributed by atoms with Crippen LogP contribution >= 0.6 is 0 Å². The van der Waals surface area contributed by atoms with Gasteiger partial charge in [-0.05, 0) is 47.5 Å². The molecule has 0 aliphatic carbocycles. The fraction of sp³-hybridized carbons (Fsp3) is 0.0952. The van der Waals surface area contributed by atoms with Gasteiger partial charge in [-0.15, -0.1) is 0 Å². The monoisotopic (exact) mass is 363 g/mol. The SMILES string of the molecule is CCOC(=O)c1cnc(/C=C/c2cc(O)cc3ccccc23)c(C(=O)O)c1. The summed E-state index contributed by atoms with van der Waals surface area (Å²) in [5.41, 5.74) is 0.886. The molecule has 3 rings (SSSR count). The van der Waals surface area contributed by atoms with Crippen molar-refractivity contribution in [3.05, 3.63) is 71.0 Å². The second-order valence-electron chi connectivity index (χ2n) is 5.77. The zero-order valence-corrected chi connectivity index (χ0v) is 14.5. The van der Waals surface area contributed by atoms with Crippen LogP contribution in [-0.4, -0.2) is 33.7 Å². The lowest BCUT2D eigenvalue weighted by atomic mass is 10.0. The molecule has 0 spiro atoms. The molecule has 2 aromatic carbocycles. The Labute approximate surface area is 155 Å². The van der Waals surface area contributed by atoms with Gasteiger partial charge in [0.15, 0.2) is 0 Å². The van der Waals surface area contributed by atoms with Crippen LogP contribution < -0.4 is 0 Å². The number of aromatic hydroxyl groups is 1. The summed E-state index contributed by atoms with van der Waals surface area (Å²) in [6, 6.07) is 12.0. The fourth-order valence-corrected chi connectivity index (χ4v) is 2.74. The van der Waals surface area contributed by atoms with E-state index in [0.29, 0.717) is 0 Å². The third-order valence-electron chi connectivity index (χ3n) is 3.96. The van der Waals surface area contributed by atoms with Gasteiger partial charge in [0.25, 0.3) is 0 Å². The van der Waals surface area contributed by atoms with Crippen LogP contribution in [0.3, 0.4) is 0 Å². The van der Waals surface area contributed by atoms with Crippen LogP contribution in [0.5, 0.6) is 5.75 Å². The highest BCUT2D eigenvalue weighted by Crippen LogP contribution is 2.26. The lowest BCUT2D eigenvalue weighted by Crippen LogP contribution is -2.09. The van der Waals surface area contributed by atoms with Gasteiger partial charge in [0, 0.05) is 6.20 Å². The van der Waals surface area contributed by atoms with Crippen LogP contribution in [0.25, 0.3) is 22.9 Å². The van der Waals surface area contributed by atoms with Crippen LogP contribution in [0.1, 0.15) is 38.9 Å². The lowest BCUT2D eigenvalue weighted by molar-refractivity contribution is 0.0526. The average molecular weight is 363 g/mol. The van der Waals surface area contributed by atoms with Gasteiger partial charge in [0.2, 0.25) is 0 Å². The zero-order chi connectivity index (χ0) is 19.4. The summed E-state index contributed by atoms with van der Waals surface area (Å²) >= 11 is 0. The Kier molecular flexibility index (Phi) is 5.17. The first-order chi connectivity index (χ1) is 13.0. The highest BCUT2D eigenvalue weighted by molar-refractivity contribution is 5.98. The number of phenols is 1. The van der Waals surface area contributed by atoms with Gasteiger partial charge in [0.05, 0.1) is 23.4 Å². The Bertz CT molecular complexity index is 1060. The molecule has 6 heteroatoms. The molecular weight excluding hydrogens is 346 g/mol. The molecule has 6 nitrogen and oxygen atoms in total. The summed E-state index contributed by atoms with van der Waals surface area (Å²) in [6.45, 7) is 1.85. The van der Waals surface area contributed by atoms with Crippen LogP contribution in [0, 0.1) is 0 Å². The molecular formula is C21H17NO5. The molecule has 0 saturated heterocycles. The van der Waals surface area contributed by atoms with E-state index >= 15 is 0 Å². The first kappa shape index (κ1) is 18.1. The van der Waals surface area contributed by atoms with E-state index in [2.05, 4.69) is 4.98 Å². The van der Waals surface area contributed by atoms with Crippen LogP contribution in [0.2, 0.25) is 0 Å².